The first kappa shape index (κ1) is 15.3. The van der Waals surface area contributed by atoms with Gasteiger partial charge in [-0.05, 0) is 25.7 Å². The van der Waals surface area contributed by atoms with Crippen molar-refractivity contribution < 1.29 is 18.3 Å². The molecule has 1 aliphatic heterocycles. The van der Waals surface area contributed by atoms with E-state index in [1.807, 2.05) is 0 Å². The molecule has 0 radical (unpaired) electrons. The molecule has 9 heteroatoms. The van der Waals surface area contributed by atoms with Gasteiger partial charge in [-0.1, -0.05) is 0 Å². The van der Waals surface area contributed by atoms with Crippen molar-refractivity contribution in [3.05, 3.63) is 11.3 Å². The van der Waals surface area contributed by atoms with Crippen LogP contribution in [0.4, 0.5) is 5.82 Å². The molecule has 0 bridgehead atoms. The van der Waals surface area contributed by atoms with E-state index in [1.54, 1.807) is 4.68 Å². The van der Waals surface area contributed by atoms with E-state index in [9.17, 15) is 18.3 Å². The van der Waals surface area contributed by atoms with Gasteiger partial charge in [-0.15, -0.1) is 0 Å². The predicted octanol–water partition coefficient (Wildman–Crippen LogP) is 0.637. The zero-order valence-electron chi connectivity index (χ0n) is 12.4. The second kappa shape index (κ2) is 5.24. The van der Waals surface area contributed by atoms with Crippen LogP contribution in [0.1, 0.15) is 53.7 Å². The fourth-order valence-corrected chi connectivity index (χ4v) is 3.90. The van der Waals surface area contributed by atoms with Crippen LogP contribution in [-0.4, -0.2) is 52.9 Å². The van der Waals surface area contributed by atoms with Crippen molar-refractivity contribution in [3.63, 3.8) is 0 Å². The molecule has 0 unspecified atom stereocenters. The van der Waals surface area contributed by atoms with Crippen molar-refractivity contribution in [1.29, 1.82) is 0 Å². The number of carboxylic acid groups (broad SMARTS) is 1. The quantitative estimate of drug-likeness (QED) is 0.837. The first-order valence-electron chi connectivity index (χ1n) is 7.35. The van der Waals surface area contributed by atoms with E-state index in [4.69, 9.17) is 5.73 Å². The molecule has 0 amide bonds. The number of hydrogen-bond donors (Lipinski definition) is 2. The highest BCUT2D eigenvalue weighted by Crippen LogP contribution is 2.40. The van der Waals surface area contributed by atoms with Crippen LogP contribution in [0.2, 0.25) is 0 Å². The highest BCUT2D eigenvalue weighted by Gasteiger charge is 2.35. The van der Waals surface area contributed by atoms with Crippen LogP contribution in [-0.2, 0) is 10.0 Å². The van der Waals surface area contributed by atoms with Gasteiger partial charge in [-0.2, -0.15) is 5.10 Å². The Hall–Kier alpha value is -1.61. The van der Waals surface area contributed by atoms with Gasteiger partial charge < -0.3 is 10.8 Å². The highest BCUT2D eigenvalue weighted by atomic mass is 32.2. The van der Waals surface area contributed by atoms with Crippen molar-refractivity contribution in [2.24, 2.45) is 0 Å². The van der Waals surface area contributed by atoms with E-state index in [0.29, 0.717) is 31.6 Å². The Morgan fingerprint density at radius 3 is 2.32 bits per heavy atom. The molecule has 2 fully saturated rings. The average Bonchev–Trinajstić information content (AvgIpc) is 3.21. The Balaban J connectivity index is 1.86. The zero-order valence-corrected chi connectivity index (χ0v) is 13.2. The van der Waals surface area contributed by atoms with Crippen LogP contribution in [0.15, 0.2) is 0 Å². The first-order chi connectivity index (χ1) is 10.3. The van der Waals surface area contributed by atoms with Crippen molar-refractivity contribution in [2.45, 2.75) is 37.6 Å². The number of sulfonamides is 1. The van der Waals surface area contributed by atoms with Gasteiger partial charge in [0.1, 0.15) is 11.4 Å². The van der Waals surface area contributed by atoms with Crippen LogP contribution >= 0.6 is 0 Å². The number of nitrogens with two attached hydrogens (primary N) is 1. The molecule has 1 aromatic heterocycles. The number of aromatic nitrogens is 2. The summed E-state index contributed by atoms with van der Waals surface area (Å²) in [6, 6.07) is 0.211. The third-order valence-corrected chi connectivity index (χ3v) is 5.69. The monoisotopic (exact) mass is 328 g/mol. The van der Waals surface area contributed by atoms with Gasteiger partial charge in [0, 0.05) is 19.0 Å². The lowest BCUT2D eigenvalue weighted by Gasteiger charge is -2.29. The third kappa shape index (κ3) is 2.70. The lowest BCUT2D eigenvalue weighted by Crippen LogP contribution is -2.37. The number of piperidine rings is 1. The molecule has 22 heavy (non-hydrogen) atoms. The standard InChI is InChI=1S/C13H20N4O4S/c1-22(20,21)16-6-4-8(5-7-16)11-10(13(18)19)12(14)17(15-11)9-2-3-9/h8-9H,2-7,14H2,1H3,(H,18,19). The average molecular weight is 328 g/mol. The molecule has 1 saturated heterocycles. The van der Waals surface area contributed by atoms with E-state index in [2.05, 4.69) is 5.10 Å². The van der Waals surface area contributed by atoms with Gasteiger partial charge in [0.05, 0.1) is 18.0 Å². The van der Waals surface area contributed by atoms with Gasteiger partial charge in [0.25, 0.3) is 0 Å². The number of nitrogens with zero attached hydrogens (tertiary/aromatic N) is 3. The van der Waals surface area contributed by atoms with Gasteiger partial charge in [0.15, 0.2) is 0 Å². The molecule has 1 saturated carbocycles. The lowest BCUT2D eigenvalue weighted by molar-refractivity contribution is 0.0695. The van der Waals surface area contributed by atoms with Crippen molar-refractivity contribution in [1.82, 2.24) is 14.1 Å². The third-order valence-electron chi connectivity index (χ3n) is 4.39. The normalized spacial score (nSPS) is 21.1. The van der Waals surface area contributed by atoms with Crippen molar-refractivity contribution in [3.8, 4) is 0 Å². The van der Waals surface area contributed by atoms with Crippen LogP contribution < -0.4 is 5.73 Å². The fourth-order valence-electron chi connectivity index (χ4n) is 3.03. The number of carboxylic acids is 1. The fraction of sp³-hybridized carbons (Fsp3) is 0.692. The van der Waals surface area contributed by atoms with E-state index >= 15 is 0 Å². The molecule has 3 N–H and O–H groups in total. The van der Waals surface area contributed by atoms with Crippen molar-refractivity contribution in [2.75, 3.05) is 25.1 Å². The molecule has 2 aliphatic rings. The van der Waals surface area contributed by atoms with Crippen LogP contribution in [0.3, 0.4) is 0 Å². The summed E-state index contributed by atoms with van der Waals surface area (Å²) in [5.41, 5.74) is 6.55. The number of aromatic carboxylic acids is 1. The highest BCUT2D eigenvalue weighted by molar-refractivity contribution is 7.88. The van der Waals surface area contributed by atoms with E-state index in [-0.39, 0.29) is 23.3 Å². The maximum absolute atomic E-state index is 11.6. The van der Waals surface area contributed by atoms with E-state index < -0.39 is 16.0 Å². The van der Waals surface area contributed by atoms with Gasteiger partial charge in [-0.3, -0.25) is 0 Å². The Labute approximate surface area is 128 Å². The molecule has 0 spiro atoms. The van der Waals surface area contributed by atoms with E-state index in [0.717, 1.165) is 12.8 Å². The largest absolute Gasteiger partial charge is 0.477 e. The zero-order chi connectivity index (χ0) is 16.1. The summed E-state index contributed by atoms with van der Waals surface area (Å²) in [4.78, 5) is 11.5. The number of anilines is 1. The summed E-state index contributed by atoms with van der Waals surface area (Å²) in [7, 11) is -3.20. The summed E-state index contributed by atoms with van der Waals surface area (Å²) in [6.07, 6.45) is 4.26. The lowest BCUT2D eigenvalue weighted by atomic mass is 9.92. The summed E-state index contributed by atoms with van der Waals surface area (Å²) in [5.74, 6) is -0.910. The number of carbonyl (C=O) groups is 1. The second-order valence-corrected chi connectivity index (χ2v) is 8.05. The smallest absolute Gasteiger partial charge is 0.341 e. The summed E-state index contributed by atoms with van der Waals surface area (Å²) < 4.78 is 26.2. The minimum absolute atomic E-state index is 0.0635. The van der Waals surface area contributed by atoms with Crippen LogP contribution in [0.25, 0.3) is 0 Å². The maximum atomic E-state index is 11.6. The molecule has 0 aromatic carbocycles. The minimum atomic E-state index is -3.20. The number of hydrogen-bond acceptors (Lipinski definition) is 5. The Kier molecular flexibility index (Phi) is 3.64. The molecule has 1 aromatic rings. The first-order valence-corrected chi connectivity index (χ1v) is 9.20. The van der Waals surface area contributed by atoms with Crippen LogP contribution in [0, 0.1) is 0 Å². The van der Waals surface area contributed by atoms with Gasteiger partial charge in [-0.25, -0.2) is 22.2 Å². The molecule has 3 rings (SSSR count). The van der Waals surface area contributed by atoms with Crippen molar-refractivity contribution >= 4 is 21.8 Å². The molecule has 2 heterocycles. The predicted molar refractivity (Wildman–Crippen MR) is 80.3 cm³/mol. The Morgan fingerprint density at radius 1 is 1.27 bits per heavy atom. The summed E-state index contributed by atoms with van der Waals surface area (Å²) in [5, 5.41) is 13.9. The van der Waals surface area contributed by atoms with Crippen LogP contribution in [0.5, 0.6) is 0 Å². The minimum Gasteiger partial charge on any atom is -0.477 e. The molecule has 1 aliphatic carbocycles. The Bertz CT molecular complexity index is 700. The topological polar surface area (TPSA) is 119 Å². The SMILES string of the molecule is CS(=O)(=O)N1CCC(c2nn(C3CC3)c(N)c2C(=O)O)CC1. The molecule has 122 valence electrons. The summed E-state index contributed by atoms with van der Waals surface area (Å²) in [6.45, 7) is 0.775. The molecule has 8 nitrogen and oxygen atoms in total. The summed E-state index contributed by atoms with van der Waals surface area (Å²) >= 11 is 0. The Morgan fingerprint density at radius 2 is 1.86 bits per heavy atom. The number of nitrogen functional groups attached to an aromatic ring is 1. The molecular formula is C13H20N4O4S. The maximum Gasteiger partial charge on any atom is 0.341 e. The second-order valence-electron chi connectivity index (χ2n) is 6.06. The van der Waals surface area contributed by atoms with Gasteiger partial charge in [0.2, 0.25) is 10.0 Å². The van der Waals surface area contributed by atoms with Gasteiger partial charge >= 0.3 is 5.97 Å². The van der Waals surface area contributed by atoms with E-state index in [1.165, 1.54) is 10.6 Å². The molecule has 0 atom stereocenters. The number of rotatable bonds is 4. The molecular weight excluding hydrogens is 308 g/mol.